The van der Waals surface area contributed by atoms with Gasteiger partial charge in [-0.25, -0.2) is 9.29 Å². The predicted octanol–water partition coefficient (Wildman–Crippen LogP) is 2.99. The van der Waals surface area contributed by atoms with Crippen LogP contribution in [0.25, 0.3) is 5.57 Å². The second kappa shape index (κ2) is 7.56. The first-order valence-electron chi connectivity index (χ1n) is 9.51. The summed E-state index contributed by atoms with van der Waals surface area (Å²) in [6, 6.07) is 12.9. The minimum atomic E-state index is -0.598. The summed E-state index contributed by atoms with van der Waals surface area (Å²) in [5.41, 5.74) is 1.41. The predicted molar refractivity (Wildman–Crippen MR) is 106 cm³/mol. The molecule has 144 valence electrons. The van der Waals surface area contributed by atoms with Crippen molar-refractivity contribution in [2.24, 2.45) is 0 Å². The smallest absolute Gasteiger partial charge is 0.267 e. The number of amides is 2. The standard InChI is InChI=1S/C22H22FN3O2/c1-2-24-11-13-25(14-12-24)15-18-16-7-3-4-8-17(16)21(27)26(22(18)28)20-10-6-5-9-19(20)23/h3-10,15H,2,11-14H2,1H3. The van der Waals surface area contributed by atoms with Crippen LogP contribution in [0, 0.1) is 5.82 Å². The maximum absolute atomic E-state index is 14.4. The van der Waals surface area contributed by atoms with Crippen LogP contribution in [0.4, 0.5) is 10.1 Å². The molecule has 0 spiro atoms. The number of rotatable bonds is 3. The number of hydrogen-bond acceptors (Lipinski definition) is 4. The molecule has 0 N–H and O–H groups in total. The van der Waals surface area contributed by atoms with Crippen LogP contribution in [0.5, 0.6) is 0 Å². The lowest BCUT2D eigenvalue weighted by Crippen LogP contribution is -2.45. The van der Waals surface area contributed by atoms with Crippen molar-refractivity contribution in [3.05, 3.63) is 71.7 Å². The molecule has 0 atom stereocenters. The quantitative estimate of drug-likeness (QED) is 0.608. The Bertz CT molecular complexity index is 948. The summed E-state index contributed by atoms with van der Waals surface area (Å²) < 4.78 is 14.4. The van der Waals surface area contributed by atoms with Gasteiger partial charge in [0.15, 0.2) is 0 Å². The lowest BCUT2D eigenvalue weighted by molar-refractivity contribution is -0.113. The average molecular weight is 379 g/mol. The van der Waals surface area contributed by atoms with E-state index < -0.39 is 17.6 Å². The molecule has 0 unspecified atom stereocenters. The van der Waals surface area contributed by atoms with E-state index in [1.54, 1.807) is 30.3 Å². The maximum atomic E-state index is 14.4. The van der Waals surface area contributed by atoms with E-state index in [4.69, 9.17) is 0 Å². The fraction of sp³-hybridized carbons (Fsp3) is 0.273. The van der Waals surface area contributed by atoms with Gasteiger partial charge in [-0.2, -0.15) is 0 Å². The molecule has 0 saturated carbocycles. The molecule has 0 aromatic heterocycles. The first-order valence-corrected chi connectivity index (χ1v) is 9.51. The SMILES string of the molecule is CCN1CCN(C=C2C(=O)N(c3ccccc3F)C(=O)c3ccccc32)CC1. The molecule has 1 saturated heterocycles. The highest BCUT2D eigenvalue weighted by atomic mass is 19.1. The Morgan fingerprint density at radius 2 is 1.54 bits per heavy atom. The summed E-state index contributed by atoms with van der Waals surface area (Å²) >= 11 is 0. The largest absolute Gasteiger partial charge is 0.374 e. The molecule has 2 amide bonds. The monoisotopic (exact) mass is 379 g/mol. The van der Waals surface area contributed by atoms with Crippen molar-refractivity contribution in [1.29, 1.82) is 0 Å². The normalized spacial score (nSPS) is 19.3. The Kier molecular flexibility index (Phi) is 4.96. The molecule has 2 aliphatic heterocycles. The fourth-order valence-electron chi connectivity index (χ4n) is 3.72. The van der Waals surface area contributed by atoms with Gasteiger partial charge < -0.3 is 9.80 Å². The number of carbonyl (C=O) groups excluding carboxylic acids is 2. The van der Waals surface area contributed by atoms with Gasteiger partial charge in [-0.1, -0.05) is 37.3 Å². The molecule has 2 heterocycles. The van der Waals surface area contributed by atoms with E-state index in [1.165, 1.54) is 18.2 Å². The molecule has 5 nitrogen and oxygen atoms in total. The van der Waals surface area contributed by atoms with E-state index in [0.717, 1.165) is 37.6 Å². The van der Waals surface area contributed by atoms with Gasteiger partial charge in [0.2, 0.25) is 0 Å². The number of nitrogens with zero attached hydrogens (tertiary/aromatic N) is 3. The molecule has 1 fully saturated rings. The van der Waals surface area contributed by atoms with Crippen LogP contribution in [-0.4, -0.2) is 54.3 Å². The van der Waals surface area contributed by atoms with Crippen molar-refractivity contribution in [3.8, 4) is 0 Å². The summed E-state index contributed by atoms with van der Waals surface area (Å²) in [6.07, 6.45) is 1.83. The van der Waals surface area contributed by atoms with Gasteiger partial charge >= 0.3 is 0 Å². The number of halogens is 1. The van der Waals surface area contributed by atoms with Gasteiger partial charge in [0.05, 0.1) is 11.3 Å². The van der Waals surface area contributed by atoms with Gasteiger partial charge in [0, 0.05) is 43.5 Å². The molecule has 0 radical (unpaired) electrons. The number of piperazine rings is 1. The van der Waals surface area contributed by atoms with Gasteiger partial charge in [0.25, 0.3) is 11.8 Å². The first kappa shape index (κ1) is 18.4. The van der Waals surface area contributed by atoms with Crippen molar-refractivity contribution in [2.75, 3.05) is 37.6 Å². The molecule has 0 aliphatic carbocycles. The molecule has 2 aromatic rings. The minimum Gasteiger partial charge on any atom is -0.374 e. The third-order valence-corrected chi connectivity index (χ3v) is 5.34. The van der Waals surface area contributed by atoms with Crippen LogP contribution >= 0.6 is 0 Å². The Hall–Kier alpha value is -2.99. The summed E-state index contributed by atoms with van der Waals surface area (Å²) in [5, 5.41) is 0. The van der Waals surface area contributed by atoms with Gasteiger partial charge in [-0.15, -0.1) is 0 Å². The van der Waals surface area contributed by atoms with Crippen molar-refractivity contribution in [3.63, 3.8) is 0 Å². The lowest BCUT2D eigenvalue weighted by atomic mass is 9.93. The highest BCUT2D eigenvalue weighted by molar-refractivity contribution is 6.41. The van der Waals surface area contributed by atoms with Crippen molar-refractivity contribution < 1.29 is 14.0 Å². The summed E-state index contributed by atoms with van der Waals surface area (Å²) in [7, 11) is 0. The van der Waals surface area contributed by atoms with E-state index in [2.05, 4.69) is 16.7 Å². The molecule has 0 bridgehead atoms. The number of para-hydroxylation sites is 1. The molecular formula is C22H22FN3O2. The zero-order chi connectivity index (χ0) is 19.7. The molecule has 2 aromatic carbocycles. The second-order valence-corrected chi connectivity index (χ2v) is 6.96. The van der Waals surface area contributed by atoms with Crippen LogP contribution in [0.15, 0.2) is 54.7 Å². The van der Waals surface area contributed by atoms with Gasteiger partial charge in [-0.05, 0) is 24.7 Å². The summed E-state index contributed by atoms with van der Waals surface area (Å²) in [4.78, 5) is 31.7. The molecule has 6 heteroatoms. The molecule has 4 rings (SSSR count). The molecular weight excluding hydrogens is 357 g/mol. The zero-order valence-corrected chi connectivity index (χ0v) is 15.8. The third-order valence-electron chi connectivity index (χ3n) is 5.34. The van der Waals surface area contributed by atoms with E-state index in [0.29, 0.717) is 16.7 Å². The van der Waals surface area contributed by atoms with Gasteiger partial charge in [0.1, 0.15) is 5.82 Å². The van der Waals surface area contributed by atoms with E-state index in [1.807, 2.05) is 6.20 Å². The van der Waals surface area contributed by atoms with Crippen molar-refractivity contribution >= 4 is 23.1 Å². The van der Waals surface area contributed by atoms with Gasteiger partial charge in [-0.3, -0.25) is 9.59 Å². The first-order chi connectivity index (χ1) is 13.6. The fourth-order valence-corrected chi connectivity index (χ4v) is 3.72. The average Bonchev–Trinajstić information content (AvgIpc) is 2.73. The van der Waals surface area contributed by atoms with E-state index >= 15 is 0 Å². The number of carbonyl (C=O) groups is 2. The number of anilines is 1. The van der Waals surface area contributed by atoms with Crippen molar-refractivity contribution in [2.45, 2.75) is 6.92 Å². The summed E-state index contributed by atoms with van der Waals surface area (Å²) in [6.45, 7) is 6.59. The van der Waals surface area contributed by atoms with Crippen LogP contribution in [0.2, 0.25) is 0 Å². The van der Waals surface area contributed by atoms with Crippen molar-refractivity contribution in [1.82, 2.24) is 9.80 Å². The Morgan fingerprint density at radius 3 is 2.21 bits per heavy atom. The third kappa shape index (κ3) is 3.20. The van der Waals surface area contributed by atoms with Crippen LogP contribution < -0.4 is 4.90 Å². The van der Waals surface area contributed by atoms with Crippen LogP contribution in [-0.2, 0) is 4.79 Å². The number of imide groups is 1. The topological polar surface area (TPSA) is 43.9 Å². The number of fused-ring (bicyclic) bond motifs is 1. The maximum Gasteiger partial charge on any atom is 0.267 e. The van der Waals surface area contributed by atoms with E-state index in [-0.39, 0.29) is 5.69 Å². The lowest BCUT2D eigenvalue weighted by Gasteiger charge is -2.35. The van der Waals surface area contributed by atoms with E-state index in [9.17, 15) is 14.0 Å². The van der Waals surface area contributed by atoms with Crippen LogP contribution in [0.1, 0.15) is 22.8 Å². The highest BCUT2D eigenvalue weighted by Gasteiger charge is 2.37. The number of benzene rings is 2. The number of likely N-dealkylation sites (N-methyl/N-ethyl adjacent to an activating group) is 1. The summed E-state index contributed by atoms with van der Waals surface area (Å²) in [5.74, 6) is -1.59. The zero-order valence-electron chi connectivity index (χ0n) is 15.8. The Labute approximate surface area is 163 Å². The second-order valence-electron chi connectivity index (χ2n) is 6.96. The Balaban J connectivity index is 1.76. The number of hydrogen-bond donors (Lipinski definition) is 0. The molecule has 28 heavy (non-hydrogen) atoms. The molecule has 2 aliphatic rings. The van der Waals surface area contributed by atoms with Crippen LogP contribution in [0.3, 0.4) is 0 Å². The Morgan fingerprint density at radius 1 is 0.893 bits per heavy atom. The highest BCUT2D eigenvalue weighted by Crippen LogP contribution is 2.33. The minimum absolute atomic E-state index is 0.0197.